The molecule has 0 aliphatic heterocycles. The van der Waals surface area contributed by atoms with Crippen molar-refractivity contribution in [2.75, 3.05) is 6.54 Å². The molecule has 2 heterocycles. The van der Waals surface area contributed by atoms with E-state index >= 15 is 0 Å². The maximum Gasteiger partial charge on any atom is 0.0950 e. The van der Waals surface area contributed by atoms with Crippen molar-refractivity contribution in [1.29, 1.82) is 0 Å². The van der Waals surface area contributed by atoms with Crippen LogP contribution in [0, 0.1) is 13.8 Å². The zero-order chi connectivity index (χ0) is 15.2. The van der Waals surface area contributed by atoms with Crippen molar-refractivity contribution in [2.24, 2.45) is 0 Å². The minimum Gasteiger partial charge on any atom is -0.308 e. The highest BCUT2D eigenvalue weighted by Gasteiger charge is 2.18. The Balaban J connectivity index is 2.25. The SMILES string of the molecule is CCCNC(Cc1nc(C)c(C)s1)c1ncccc1CC. The van der Waals surface area contributed by atoms with Crippen LogP contribution in [0.4, 0.5) is 0 Å². The number of nitrogens with one attached hydrogen (secondary N) is 1. The van der Waals surface area contributed by atoms with Crippen molar-refractivity contribution in [3.8, 4) is 0 Å². The maximum absolute atomic E-state index is 4.69. The van der Waals surface area contributed by atoms with Crippen molar-refractivity contribution in [1.82, 2.24) is 15.3 Å². The van der Waals surface area contributed by atoms with E-state index in [-0.39, 0.29) is 6.04 Å². The van der Waals surface area contributed by atoms with Gasteiger partial charge in [-0.15, -0.1) is 11.3 Å². The van der Waals surface area contributed by atoms with Gasteiger partial charge in [0.15, 0.2) is 0 Å². The Morgan fingerprint density at radius 2 is 2.10 bits per heavy atom. The Morgan fingerprint density at radius 3 is 2.71 bits per heavy atom. The maximum atomic E-state index is 4.69. The predicted octanol–water partition coefficient (Wildman–Crippen LogP) is 4.00. The molecule has 3 nitrogen and oxygen atoms in total. The number of hydrogen-bond donors (Lipinski definition) is 1. The lowest BCUT2D eigenvalue weighted by Crippen LogP contribution is -2.26. The standard InChI is InChI=1S/C17H25N3S/c1-5-9-18-15(11-16-20-12(3)13(4)21-16)17-14(6-2)8-7-10-19-17/h7-8,10,15,18H,5-6,9,11H2,1-4H3. The summed E-state index contributed by atoms with van der Waals surface area (Å²) in [5.74, 6) is 0. The van der Waals surface area contributed by atoms with Crippen LogP contribution in [0.2, 0.25) is 0 Å². The highest BCUT2D eigenvalue weighted by atomic mass is 32.1. The highest BCUT2D eigenvalue weighted by molar-refractivity contribution is 7.11. The van der Waals surface area contributed by atoms with E-state index in [1.807, 2.05) is 12.3 Å². The topological polar surface area (TPSA) is 37.8 Å². The first-order valence-electron chi connectivity index (χ1n) is 7.75. The van der Waals surface area contributed by atoms with E-state index in [1.165, 1.54) is 21.1 Å². The van der Waals surface area contributed by atoms with Gasteiger partial charge in [0.25, 0.3) is 0 Å². The molecule has 1 N–H and O–H groups in total. The first-order valence-corrected chi connectivity index (χ1v) is 8.57. The zero-order valence-electron chi connectivity index (χ0n) is 13.4. The van der Waals surface area contributed by atoms with Gasteiger partial charge >= 0.3 is 0 Å². The third kappa shape index (κ3) is 4.11. The number of nitrogens with zero attached hydrogens (tertiary/aromatic N) is 2. The van der Waals surface area contributed by atoms with E-state index < -0.39 is 0 Å². The average molecular weight is 303 g/mol. The minimum absolute atomic E-state index is 0.256. The van der Waals surface area contributed by atoms with Crippen molar-refractivity contribution in [2.45, 2.75) is 53.0 Å². The molecule has 0 amide bonds. The van der Waals surface area contributed by atoms with Crippen molar-refractivity contribution in [3.63, 3.8) is 0 Å². The summed E-state index contributed by atoms with van der Waals surface area (Å²) >= 11 is 1.81. The molecule has 0 radical (unpaired) electrons. The fraction of sp³-hybridized carbons (Fsp3) is 0.529. The number of aromatic nitrogens is 2. The second-order valence-electron chi connectivity index (χ2n) is 5.36. The molecule has 1 atom stereocenters. The van der Waals surface area contributed by atoms with Crippen LogP contribution in [0.15, 0.2) is 18.3 Å². The van der Waals surface area contributed by atoms with Crippen LogP contribution in [0.1, 0.15) is 53.1 Å². The van der Waals surface area contributed by atoms with Gasteiger partial charge in [0.2, 0.25) is 0 Å². The molecule has 0 spiro atoms. The van der Waals surface area contributed by atoms with Crippen molar-refractivity contribution in [3.05, 3.63) is 45.2 Å². The Hall–Kier alpha value is -1.26. The second kappa shape index (κ2) is 7.66. The molecule has 0 saturated carbocycles. The Kier molecular flexibility index (Phi) is 5.88. The molecule has 1 unspecified atom stereocenters. The Bertz CT molecular complexity index is 558. The lowest BCUT2D eigenvalue weighted by atomic mass is 10.0. The van der Waals surface area contributed by atoms with Crippen LogP contribution >= 0.6 is 11.3 Å². The number of rotatable bonds is 7. The summed E-state index contributed by atoms with van der Waals surface area (Å²) in [5, 5.41) is 4.84. The van der Waals surface area contributed by atoms with Crippen LogP contribution < -0.4 is 5.32 Å². The molecular weight excluding hydrogens is 278 g/mol. The molecule has 2 aromatic rings. The average Bonchev–Trinajstić information content (AvgIpc) is 2.81. The number of aryl methyl sites for hydroxylation is 3. The van der Waals surface area contributed by atoms with Crippen LogP contribution in [-0.2, 0) is 12.8 Å². The van der Waals surface area contributed by atoms with E-state index in [0.29, 0.717) is 0 Å². The van der Waals surface area contributed by atoms with Gasteiger partial charge < -0.3 is 5.32 Å². The quantitative estimate of drug-likeness (QED) is 0.840. The largest absolute Gasteiger partial charge is 0.308 e. The highest BCUT2D eigenvalue weighted by Crippen LogP contribution is 2.24. The molecule has 0 saturated heterocycles. The molecule has 4 heteroatoms. The fourth-order valence-electron chi connectivity index (χ4n) is 2.45. The summed E-state index contributed by atoms with van der Waals surface area (Å²) < 4.78 is 0. The zero-order valence-corrected chi connectivity index (χ0v) is 14.3. The van der Waals surface area contributed by atoms with Crippen molar-refractivity contribution >= 4 is 11.3 Å². The van der Waals surface area contributed by atoms with Crippen LogP contribution in [0.25, 0.3) is 0 Å². The first-order chi connectivity index (χ1) is 10.2. The summed E-state index contributed by atoms with van der Waals surface area (Å²) in [6.45, 7) is 9.62. The van der Waals surface area contributed by atoms with Gasteiger partial charge in [-0.25, -0.2) is 4.98 Å². The van der Waals surface area contributed by atoms with E-state index in [0.717, 1.165) is 31.5 Å². The summed E-state index contributed by atoms with van der Waals surface area (Å²) in [5.41, 5.74) is 3.66. The van der Waals surface area contributed by atoms with E-state index in [2.05, 4.69) is 49.0 Å². The normalized spacial score (nSPS) is 12.6. The number of pyridine rings is 1. The monoisotopic (exact) mass is 303 g/mol. The van der Waals surface area contributed by atoms with Gasteiger partial charge in [0.1, 0.15) is 0 Å². The number of hydrogen-bond acceptors (Lipinski definition) is 4. The molecular formula is C17H25N3S. The molecule has 2 rings (SSSR count). The summed E-state index contributed by atoms with van der Waals surface area (Å²) in [6, 6.07) is 4.46. The van der Waals surface area contributed by atoms with Gasteiger partial charge in [-0.2, -0.15) is 0 Å². The molecule has 0 bridgehead atoms. The molecule has 0 fully saturated rings. The van der Waals surface area contributed by atoms with Crippen LogP contribution in [0.5, 0.6) is 0 Å². The van der Waals surface area contributed by atoms with Gasteiger partial charge in [-0.05, 0) is 44.9 Å². The van der Waals surface area contributed by atoms with Gasteiger partial charge in [-0.3, -0.25) is 4.98 Å². The summed E-state index contributed by atoms with van der Waals surface area (Å²) in [6.07, 6.45) is 4.96. The third-order valence-electron chi connectivity index (χ3n) is 3.73. The summed E-state index contributed by atoms with van der Waals surface area (Å²) in [4.78, 5) is 10.6. The molecule has 0 aromatic carbocycles. The lowest BCUT2D eigenvalue weighted by Gasteiger charge is -2.19. The van der Waals surface area contributed by atoms with Gasteiger partial charge in [-0.1, -0.05) is 19.9 Å². The van der Waals surface area contributed by atoms with Crippen LogP contribution in [-0.4, -0.2) is 16.5 Å². The van der Waals surface area contributed by atoms with E-state index in [9.17, 15) is 0 Å². The van der Waals surface area contributed by atoms with Gasteiger partial charge in [0, 0.05) is 17.5 Å². The minimum atomic E-state index is 0.256. The molecule has 114 valence electrons. The molecule has 21 heavy (non-hydrogen) atoms. The smallest absolute Gasteiger partial charge is 0.0950 e. The predicted molar refractivity (Wildman–Crippen MR) is 89.9 cm³/mol. The molecule has 0 aliphatic rings. The first kappa shape index (κ1) is 16.1. The molecule has 2 aromatic heterocycles. The van der Waals surface area contributed by atoms with E-state index in [4.69, 9.17) is 0 Å². The van der Waals surface area contributed by atoms with Crippen LogP contribution in [0.3, 0.4) is 0 Å². The lowest BCUT2D eigenvalue weighted by molar-refractivity contribution is 0.513. The second-order valence-corrected chi connectivity index (χ2v) is 6.65. The fourth-order valence-corrected chi connectivity index (χ4v) is 3.43. The van der Waals surface area contributed by atoms with E-state index in [1.54, 1.807) is 11.3 Å². The Labute approximate surface area is 131 Å². The van der Waals surface area contributed by atoms with Crippen molar-refractivity contribution < 1.29 is 0 Å². The Morgan fingerprint density at radius 1 is 1.29 bits per heavy atom. The number of thiazole rings is 1. The van der Waals surface area contributed by atoms with Gasteiger partial charge in [0.05, 0.1) is 22.4 Å². The third-order valence-corrected chi connectivity index (χ3v) is 4.82. The summed E-state index contributed by atoms with van der Waals surface area (Å²) in [7, 11) is 0. The molecule has 0 aliphatic carbocycles.